The van der Waals surface area contributed by atoms with Crippen LogP contribution in [0.4, 0.5) is 5.69 Å². The minimum Gasteiger partial charge on any atom is -0.396 e. The molecule has 2 aromatic rings. The molecule has 0 aliphatic rings. The van der Waals surface area contributed by atoms with Crippen LogP contribution in [0.15, 0.2) is 30.5 Å². The van der Waals surface area contributed by atoms with Crippen LogP contribution in [-0.4, -0.2) is 33.6 Å². The molecule has 22 heavy (non-hydrogen) atoms. The number of aliphatic hydroxyl groups is 1. The van der Waals surface area contributed by atoms with Crippen LogP contribution in [0.2, 0.25) is 0 Å². The molecule has 0 fully saturated rings. The molecule has 2 N–H and O–H groups in total. The summed E-state index contributed by atoms with van der Waals surface area (Å²) in [6, 6.07) is 5.63. The van der Waals surface area contributed by atoms with Gasteiger partial charge in [0.25, 0.3) is 11.6 Å². The molecule has 2 atom stereocenters. The van der Waals surface area contributed by atoms with Crippen molar-refractivity contribution in [2.45, 2.75) is 19.9 Å². The summed E-state index contributed by atoms with van der Waals surface area (Å²) < 4.78 is 0. The molecule has 1 aromatic carbocycles. The maximum absolute atomic E-state index is 12.4. The van der Waals surface area contributed by atoms with Crippen LogP contribution < -0.4 is 5.32 Å². The van der Waals surface area contributed by atoms with Crippen LogP contribution in [0.3, 0.4) is 0 Å². The average molecular weight is 303 g/mol. The second-order valence-corrected chi connectivity index (χ2v) is 5.21. The molecule has 0 aliphatic carbocycles. The van der Waals surface area contributed by atoms with Gasteiger partial charge >= 0.3 is 0 Å². The van der Waals surface area contributed by atoms with Gasteiger partial charge in [-0.2, -0.15) is 0 Å². The first-order valence-electron chi connectivity index (χ1n) is 6.89. The van der Waals surface area contributed by atoms with Gasteiger partial charge in [-0.15, -0.1) is 0 Å². The van der Waals surface area contributed by atoms with Crippen molar-refractivity contribution in [3.05, 3.63) is 46.1 Å². The SMILES string of the molecule is CC(CO)C(C)NC(=O)c1ccc([N+](=O)[O-])c2cccnc12. The van der Waals surface area contributed by atoms with E-state index in [1.165, 1.54) is 18.3 Å². The van der Waals surface area contributed by atoms with Crippen molar-refractivity contribution in [2.24, 2.45) is 5.92 Å². The van der Waals surface area contributed by atoms with E-state index in [1.54, 1.807) is 19.1 Å². The number of fused-ring (bicyclic) bond motifs is 1. The van der Waals surface area contributed by atoms with E-state index in [0.29, 0.717) is 5.39 Å². The molecule has 0 saturated carbocycles. The zero-order chi connectivity index (χ0) is 16.3. The van der Waals surface area contributed by atoms with E-state index in [4.69, 9.17) is 5.11 Å². The minimum atomic E-state index is -0.498. The van der Waals surface area contributed by atoms with Crippen LogP contribution in [0.5, 0.6) is 0 Å². The number of nitro benzene ring substituents is 1. The molecule has 7 heteroatoms. The zero-order valence-corrected chi connectivity index (χ0v) is 12.3. The molecule has 116 valence electrons. The Morgan fingerprint density at radius 1 is 1.41 bits per heavy atom. The summed E-state index contributed by atoms with van der Waals surface area (Å²) in [4.78, 5) is 27.0. The van der Waals surface area contributed by atoms with Crippen molar-refractivity contribution >= 4 is 22.5 Å². The molecular formula is C15H17N3O4. The van der Waals surface area contributed by atoms with E-state index >= 15 is 0 Å². The predicted octanol–water partition coefficient (Wildman–Crippen LogP) is 1.89. The van der Waals surface area contributed by atoms with Crippen LogP contribution in [0.1, 0.15) is 24.2 Å². The number of aliphatic hydroxyl groups excluding tert-OH is 1. The second kappa shape index (κ2) is 6.48. The Kier molecular flexibility index (Phi) is 4.67. The van der Waals surface area contributed by atoms with Gasteiger partial charge < -0.3 is 10.4 Å². The number of pyridine rings is 1. The summed E-state index contributed by atoms with van der Waals surface area (Å²) in [6.07, 6.45) is 1.49. The Bertz CT molecular complexity index is 717. The van der Waals surface area contributed by atoms with Gasteiger partial charge in [0.15, 0.2) is 0 Å². The summed E-state index contributed by atoms with van der Waals surface area (Å²) in [5, 5.41) is 23.3. The highest BCUT2D eigenvalue weighted by molar-refractivity contribution is 6.07. The lowest BCUT2D eigenvalue weighted by molar-refractivity contribution is -0.383. The largest absolute Gasteiger partial charge is 0.396 e. The summed E-state index contributed by atoms with van der Waals surface area (Å²) in [5.41, 5.74) is 0.479. The van der Waals surface area contributed by atoms with Crippen LogP contribution in [0.25, 0.3) is 10.9 Å². The number of nitro groups is 1. The number of nitrogens with zero attached hydrogens (tertiary/aromatic N) is 2. The molecule has 0 bridgehead atoms. The molecule has 1 amide bonds. The van der Waals surface area contributed by atoms with E-state index in [1.807, 2.05) is 6.92 Å². The number of benzene rings is 1. The lowest BCUT2D eigenvalue weighted by atomic mass is 10.0. The van der Waals surface area contributed by atoms with Gasteiger partial charge in [-0.1, -0.05) is 6.92 Å². The highest BCUT2D eigenvalue weighted by Gasteiger charge is 2.21. The van der Waals surface area contributed by atoms with Gasteiger partial charge in [-0.25, -0.2) is 0 Å². The van der Waals surface area contributed by atoms with Crippen LogP contribution >= 0.6 is 0 Å². The third-order valence-corrected chi connectivity index (χ3v) is 3.69. The fourth-order valence-corrected chi connectivity index (χ4v) is 2.08. The van der Waals surface area contributed by atoms with E-state index in [0.717, 1.165) is 0 Å². The number of non-ortho nitro benzene ring substituents is 1. The fourth-order valence-electron chi connectivity index (χ4n) is 2.08. The number of hydrogen-bond acceptors (Lipinski definition) is 5. The molecule has 0 aliphatic heterocycles. The van der Waals surface area contributed by atoms with Crippen molar-refractivity contribution in [3.63, 3.8) is 0 Å². The molecule has 0 radical (unpaired) electrons. The number of nitrogens with one attached hydrogen (secondary N) is 1. The molecular weight excluding hydrogens is 286 g/mol. The van der Waals surface area contributed by atoms with Crippen molar-refractivity contribution < 1.29 is 14.8 Å². The lowest BCUT2D eigenvalue weighted by Gasteiger charge is -2.19. The van der Waals surface area contributed by atoms with Gasteiger partial charge in [0.1, 0.15) is 0 Å². The van der Waals surface area contributed by atoms with E-state index < -0.39 is 4.92 Å². The number of carbonyl (C=O) groups excluding carboxylic acids is 1. The molecule has 2 unspecified atom stereocenters. The molecule has 7 nitrogen and oxygen atoms in total. The summed E-state index contributed by atoms with van der Waals surface area (Å²) in [7, 11) is 0. The lowest BCUT2D eigenvalue weighted by Crippen LogP contribution is -2.38. The van der Waals surface area contributed by atoms with E-state index in [9.17, 15) is 14.9 Å². The predicted molar refractivity (Wildman–Crippen MR) is 81.6 cm³/mol. The topological polar surface area (TPSA) is 105 Å². The van der Waals surface area contributed by atoms with Crippen LogP contribution in [0, 0.1) is 16.0 Å². The number of rotatable bonds is 5. The first kappa shape index (κ1) is 15.8. The normalized spacial score (nSPS) is 13.6. The minimum absolute atomic E-state index is 0.0410. The van der Waals surface area contributed by atoms with Gasteiger partial charge in [-0.05, 0) is 31.0 Å². The Morgan fingerprint density at radius 3 is 2.77 bits per heavy atom. The fraction of sp³-hybridized carbons (Fsp3) is 0.333. The van der Waals surface area contributed by atoms with E-state index in [-0.39, 0.29) is 41.2 Å². The second-order valence-electron chi connectivity index (χ2n) is 5.21. The van der Waals surface area contributed by atoms with Crippen molar-refractivity contribution in [3.8, 4) is 0 Å². The van der Waals surface area contributed by atoms with Crippen molar-refractivity contribution in [2.75, 3.05) is 6.61 Å². The molecule has 0 spiro atoms. The number of hydrogen-bond donors (Lipinski definition) is 2. The smallest absolute Gasteiger partial charge is 0.278 e. The summed E-state index contributed by atoms with van der Waals surface area (Å²) in [6.45, 7) is 3.57. The standard InChI is InChI=1S/C15H17N3O4/c1-9(8-19)10(2)17-15(20)12-5-6-13(18(21)22)11-4-3-7-16-14(11)12/h3-7,9-10,19H,8H2,1-2H3,(H,17,20). The van der Waals surface area contributed by atoms with Crippen LogP contribution in [-0.2, 0) is 0 Å². The Hall–Kier alpha value is -2.54. The highest BCUT2D eigenvalue weighted by Crippen LogP contribution is 2.26. The molecule has 0 saturated heterocycles. The number of amides is 1. The molecule has 1 heterocycles. The van der Waals surface area contributed by atoms with Crippen molar-refractivity contribution in [1.82, 2.24) is 10.3 Å². The maximum atomic E-state index is 12.4. The van der Waals surface area contributed by atoms with Gasteiger partial charge in [-0.3, -0.25) is 19.9 Å². The first-order chi connectivity index (χ1) is 10.5. The third kappa shape index (κ3) is 3.04. The molecule has 2 rings (SSSR count). The first-order valence-corrected chi connectivity index (χ1v) is 6.89. The highest BCUT2D eigenvalue weighted by atomic mass is 16.6. The Balaban J connectivity index is 2.42. The number of carbonyl (C=O) groups is 1. The Labute approximate surface area is 127 Å². The summed E-state index contributed by atoms with van der Waals surface area (Å²) >= 11 is 0. The monoisotopic (exact) mass is 303 g/mol. The van der Waals surface area contributed by atoms with E-state index in [2.05, 4.69) is 10.3 Å². The Morgan fingerprint density at radius 2 is 2.14 bits per heavy atom. The quantitative estimate of drug-likeness (QED) is 0.648. The summed E-state index contributed by atoms with van der Waals surface area (Å²) in [5.74, 6) is -0.465. The van der Waals surface area contributed by atoms with Gasteiger partial charge in [0, 0.05) is 24.9 Å². The third-order valence-electron chi connectivity index (χ3n) is 3.69. The van der Waals surface area contributed by atoms with Gasteiger partial charge in [0.05, 0.1) is 21.4 Å². The maximum Gasteiger partial charge on any atom is 0.278 e. The van der Waals surface area contributed by atoms with Crippen molar-refractivity contribution in [1.29, 1.82) is 0 Å². The average Bonchev–Trinajstić information content (AvgIpc) is 2.52. The molecule has 1 aromatic heterocycles. The zero-order valence-electron chi connectivity index (χ0n) is 12.3. The van der Waals surface area contributed by atoms with Gasteiger partial charge in [0.2, 0.25) is 0 Å². The number of aromatic nitrogens is 1.